The number of aromatic amines is 1. The highest BCUT2D eigenvalue weighted by atomic mass is 19.4. The number of nitrogens with two attached hydrogens (primary N) is 1. The van der Waals surface area contributed by atoms with Gasteiger partial charge in [-0.1, -0.05) is 12.1 Å². The second kappa shape index (κ2) is 6.50. The molecule has 0 saturated heterocycles. The van der Waals surface area contributed by atoms with Crippen molar-refractivity contribution >= 4 is 11.6 Å². The molecule has 0 aliphatic heterocycles. The number of nitrogens with zero attached hydrogens (tertiary/aromatic N) is 3. The molecule has 0 spiro atoms. The van der Waals surface area contributed by atoms with Crippen molar-refractivity contribution in [2.75, 3.05) is 5.32 Å². The summed E-state index contributed by atoms with van der Waals surface area (Å²) in [4.78, 5) is 7.36. The van der Waals surface area contributed by atoms with E-state index in [4.69, 9.17) is 5.73 Å². The third-order valence-corrected chi connectivity index (χ3v) is 3.84. The Hall–Kier alpha value is -2.58. The zero-order valence-corrected chi connectivity index (χ0v) is 12.8. The highest BCUT2D eigenvalue weighted by Crippen LogP contribution is 2.28. The van der Waals surface area contributed by atoms with Crippen LogP contribution in [0.25, 0.3) is 0 Å². The van der Waals surface area contributed by atoms with Crippen molar-refractivity contribution in [3.05, 3.63) is 41.0 Å². The minimum Gasteiger partial charge on any atom is -0.370 e. The van der Waals surface area contributed by atoms with Crippen molar-refractivity contribution in [2.45, 2.75) is 38.4 Å². The number of nitrogens with one attached hydrogen (secondary N) is 2. The summed E-state index contributed by atoms with van der Waals surface area (Å²) in [5, 5.41) is 8.35. The lowest BCUT2D eigenvalue weighted by atomic mass is 9.90. The Bertz CT molecular complexity index is 750. The van der Waals surface area contributed by atoms with E-state index in [0.717, 1.165) is 24.9 Å². The summed E-state index contributed by atoms with van der Waals surface area (Å²) in [5.41, 5.74) is 9.24. The zero-order chi connectivity index (χ0) is 17.2. The van der Waals surface area contributed by atoms with Gasteiger partial charge in [-0.05, 0) is 42.9 Å². The Labute approximate surface area is 136 Å². The van der Waals surface area contributed by atoms with E-state index in [1.807, 2.05) is 12.1 Å². The second-order valence-corrected chi connectivity index (χ2v) is 5.58. The fourth-order valence-electron chi connectivity index (χ4n) is 2.73. The van der Waals surface area contributed by atoms with Crippen LogP contribution in [-0.4, -0.2) is 21.1 Å². The zero-order valence-electron chi connectivity index (χ0n) is 12.8. The second-order valence-electron chi connectivity index (χ2n) is 5.58. The van der Waals surface area contributed by atoms with E-state index in [0.29, 0.717) is 0 Å². The number of hydrogen-bond donors (Lipinski definition) is 3. The normalized spacial score (nSPS) is 15.2. The maximum Gasteiger partial charge on any atom is 0.453 e. The molecule has 0 radical (unpaired) electrons. The fourth-order valence-corrected chi connectivity index (χ4v) is 2.73. The number of aryl methyl sites for hydroxylation is 1. The average molecular weight is 338 g/mol. The van der Waals surface area contributed by atoms with Gasteiger partial charge >= 0.3 is 6.18 Å². The maximum atomic E-state index is 12.4. The molecule has 0 atom stereocenters. The smallest absolute Gasteiger partial charge is 0.370 e. The van der Waals surface area contributed by atoms with Gasteiger partial charge < -0.3 is 11.1 Å². The molecule has 0 amide bonds. The van der Waals surface area contributed by atoms with Gasteiger partial charge in [-0.2, -0.15) is 13.2 Å². The first-order chi connectivity index (χ1) is 11.4. The Kier molecular flexibility index (Phi) is 4.41. The van der Waals surface area contributed by atoms with Crippen LogP contribution >= 0.6 is 0 Å². The summed E-state index contributed by atoms with van der Waals surface area (Å²) in [5.74, 6) is -1.09. The van der Waals surface area contributed by atoms with E-state index in [9.17, 15) is 13.2 Å². The average Bonchev–Trinajstić information content (AvgIpc) is 3.03. The van der Waals surface area contributed by atoms with Gasteiger partial charge in [0.15, 0.2) is 5.96 Å². The number of benzene rings is 1. The summed E-state index contributed by atoms with van der Waals surface area (Å²) in [6.45, 7) is -0.114. The Morgan fingerprint density at radius 2 is 2.08 bits per heavy atom. The topological polar surface area (TPSA) is 92.0 Å². The van der Waals surface area contributed by atoms with Crippen LogP contribution in [-0.2, 0) is 25.6 Å². The van der Waals surface area contributed by atoms with Crippen LogP contribution in [0.4, 0.5) is 18.9 Å². The minimum atomic E-state index is -4.58. The van der Waals surface area contributed by atoms with E-state index < -0.39 is 12.0 Å². The highest BCUT2D eigenvalue weighted by molar-refractivity contribution is 5.93. The van der Waals surface area contributed by atoms with Crippen LogP contribution in [0.1, 0.15) is 35.6 Å². The molecule has 128 valence electrons. The lowest BCUT2D eigenvalue weighted by Gasteiger charge is -2.19. The molecule has 4 N–H and O–H groups in total. The van der Waals surface area contributed by atoms with Gasteiger partial charge in [0.25, 0.3) is 5.82 Å². The van der Waals surface area contributed by atoms with Crippen molar-refractivity contribution < 1.29 is 13.2 Å². The lowest BCUT2D eigenvalue weighted by Crippen LogP contribution is -2.24. The number of fused-ring (bicyclic) bond motifs is 1. The van der Waals surface area contributed by atoms with Crippen molar-refractivity contribution in [1.29, 1.82) is 0 Å². The van der Waals surface area contributed by atoms with Gasteiger partial charge in [0.1, 0.15) is 12.4 Å². The van der Waals surface area contributed by atoms with Crippen LogP contribution in [0.15, 0.2) is 23.2 Å². The monoisotopic (exact) mass is 338 g/mol. The first-order valence-corrected chi connectivity index (χ1v) is 7.59. The van der Waals surface area contributed by atoms with Crippen molar-refractivity contribution in [1.82, 2.24) is 15.2 Å². The number of H-pyrrole nitrogens is 1. The predicted molar refractivity (Wildman–Crippen MR) is 83.4 cm³/mol. The first-order valence-electron chi connectivity index (χ1n) is 7.59. The van der Waals surface area contributed by atoms with Crippen LogP contribution < -0.4 is 11.1 Å². The van der Waals surface area contributed by atoms with E-state index in [-0.39, 0.29) is 18.3 Å². The number of hydrogen-bond acceptors (Lipinski definition) is 3. The Morgan fingerprint density at radius 1 is 1.29 bits per heavy atom. The number of aliphatic imine (C=N–C) groups is 1. The van der Waals surface area contributed by atoms with Gasteiger partial charge in [0.2, 0.25) is 0 Å². The maximum absolute atomic E-state index is 12.4. The highest BCUT2D eigenvalue weighted by Gasteiger charge is 2.35. The SMILES string of the molecule is NC(=NCc1nc(C(F)(F)F)n[nH]1)Nc1cccc2c1CCCC2. The summed E-state index contributed by atoms with van der Waals surface area (Å²) in [6.07, 6.45) is -0.261. The molecule has 1 aliphatic carbocycles. The minimum absolute atomic E-state index is 0.00201. The molecule has 24 heavy (non-hydrogen) atoms. The molecular weight excluding hydrogens is 321 g/mol. The predicted octanol–water partition coefficient (Wildman–Crippen LogP) is 2.63. The lowest BCUT2D eigenvalue weighted by molar-refractivity contribution is -0.144. The molecule has 3 rings (SSSR count). The molecule has 0 unspecified atom stereocenters. The van der Waals surface area contributed by atoms with Crippen LogP contribution in [0.5, 0.6) is 0 Å². The van der Waals surface area contributed by atoms with Gasteiger partial charge in [-0.3, -0.25) is 5.10 Å². The summed E-state index contributed by atoms with van der Waals surface area (Å²) in [6, 6.07) is 5.97. The van der Waals surface area contributed by atoms with Gasteiger partial charge in [0.05, 0.1) is 0 Å². The third kappa shape index (κ3) is 3.66. The number of guanidine groups is 1. The van der Waals surface area contributed by atoms with Crippen molar-refractivity contribution in [2.24, 2.45) is 10.7 Å². The van der Waals surface area contributed by atoms with Crippen LogP contribution in [0.3, 0.4) is 0 Å². The fraction of sp³-hybridized carbons (Fsp3) is 0.400. The molecule has 2 aromatic rings. The largest absolute Gasteiger partial charge is 0.453 e. The van der Waals surface area contributed by atoms with E-state index >= 15 is 0 Å². The van der Waals surface area contributed by atoms with E-state index in [1.165, 1.54) is 17.5 Å². The molecular formula is C15H17F3N6. The van der Waals surface area contributed by atoms with Gasteiger partial charge in [-0.15, -0.1) is 5.10 Å². The number of alkyl halides is 3. The van der Waals surface area contributed by atoms with Gasteiger partial charge in [-0.25, -0.2) is 9.98 Å². The standard InChI is InChI=1S/C15H17F3N6/c16-15(17,18)13-22-12(23-24-13)8-20-14(19)21-11-7-3-5-9-4-1-2-6-10(9)11/h3,5,7H,1-2,4,6,8H2,(H3,19,20,21)(H,22,23,24). The van der Waals surface area contributed by atoms with Crippen molar-refractivity contribution in [3.8, 4) is 0 Å². The molecule has 1 aromatic heterocycles. The summed E-state index contributed by atoms with van der Waals surface area (Å²) in [7, 11) is 0. The molecule has 1 heterocycles. The summed E-state index contributed by atoms with van der Waals surface area (Å²) >= 11 is 0. The number of halogens is 3. The third-order valence-electron chi connectivity index (χ3n) is 3.84. The molecule has 1 aromatic carbocycles. The van der Waals surface area contributed by atoms with Crippen molar-refractivity contribution in [3.63, 3.8) is 0 Å². The number of aromatic nitrogens is 3. The Morgan fingerprint density at radius 3 is 2.83 bits per heavy atom. The number of rotatable bonds is 3. The molecule has 0 bridgehead atoms. The molecule has 0 saturated carbocycles. The van der Waals surface area contributed by atoms with E-state index in [2.05, 4.69) is 31.6 Å². The molecule has 0 fully saturated rings. The van der Waals surface area contributed by atoms with Crippen LogP contribution in [0.2, 0.25) is 0 Å². The quantitative estimate of drug-likeness (QED) is 0.592. The molecule has 9 heteroatoms. The first kappa shape index (κ1) is 16.3. The van der Waals surface area contributed by atoms with Crippen LogP contribution in [0, 0.1) is 0 Å². The number of anilines is 1. The Balaban J connectivity index is 1.68. The van der Waals surface area contributed by atoms with E-state index in [1.54, 1.807) is 0 Å². The van der Waals surface area contributed by atoms with Gasteiger partial charge in [0, 0.05) is 5.69 Å². The summed E-state index contributed by atoms with van der Waals surface area (Å²) < 4.78 is 37.3. The molecule has 6 nitrogen and oxygen atoms in total. The molecule has 1 aliphatic rings.